The van der Waals surface area contributed by atoms with Crippen LogP contribution in [0.1, 0.15) is 19.3 Å². The molecule has 20 heavy (non-hydrogen) atoms. The summed E-state index contributed by atoms with van der Waals surface area (Å²) in [6, 6.07) is 1.22. The van der Waals surface area contributed by atoms with Gasteiger partial charge in [0, 0.05) is 18.7 Å². The summed E-state index contributed by atoms with van der Waals surface area (Å²) < 4.78 is 6.96. The maximum atomic E-state index is 11.9. The van der Waals surface area contributed by atoms with Crippen LogP contribution in [0.5, 0.6) is 0 Å². The van der Waals surface area contributed by atoms with Crippen LogP contribution in [0.15, 0.2) is 21.9 Å². The minimum atomic E-state index is -1.09. The van der Waals surface area contributed by atoms with Gasteiger partial charge in [0.05, 0.1) is 12.7 Å². The van der Waals surface area contributed by atoms with Crippen molar-refractivity contribution in [2.45, 2.75) is 37.2 Å². The van der Waals surface area contributed by atoms with E-state index in [9.17, 15) is 19.8 Å². The lowest BCUT2D eigenvalue weighted by Gasteiger charge is -2.30. The molecule has 2 heterocycles. The van der Waals surface area contributed by atoms with Gasteiger partial charge < -0.3 is 20.7 Å². The van der Waals surface area contributed by atoms with Crippen molar-refractivity contribution >= 4 is 0 Å². The molecule has 3 atom stereocenters. The third-order valence-electron chi connectivity index (χ3n) is 3.54. The number of nitrogens with two attached hydrogens (primary N) is 1. The van der Waals surface area contributed by atoms with Crippen LogP contribution >= 0.6 is 0 Å². The van der Waals surface area contributed by atoms with Crippen molar-refractivity contribution in [3.05, 3.63) is 33.1 Å². The molecule has 0 spiro atoms. The molecule has 0 bridgehead atoms. The lowest BCUT2D eigenvalue weighted by atomic mass is 10.0. The zero-order chi connectivity index (χ0) is 14.8. The molecule has 0 unspecified atom stereocenters. The molecule has 0 amide bonds. The monoisotopic (exact) mass is 285 g/mol. The van der Waals surface area contributed by atoms with Crippen LogP contribution in [0.2, 0.25) is 0 Å². The first-order chi connectivity index (χ1) is 9.52. The van der Waals surface area contributed by atoms with Gasteiger partial charge in [0.1, 0.15) is 6.10 Å². The molecule has 8 nitrogen and oxygen atoms in total. The van der Waals surface area contributed by atoms with E-state index in [1.807, 2.05) is 0 Å². The average molecular weight is 285 g/mol. The smallest absolute Gasteiger partial charge is 0.330 e. The van der Waals surface area contributed by atoms with E-state index in [0.717, 1.165) is 0 Å². The zero-order valence-electron chi connectivity index (χ0n) is 11.0. The molecule has 112 valence electrons. The summed E-state index contributed by atoms with van der Waals surface area (Å²) in [5.41, 5.74) is 3.29. The Morgan fingerprint density at radius 1 is 1.55 bits per heavy atom. The second-order valence-electron chi connectivity index (χ2n) is 4.93. The van der Waals surface area contributed by atoms with E-state index in [1.165, 1.54) is 16.8 Å². The molecule has 1 fully saturated rings. The Bertz CT molecular complexity index is 569. The Morgan fingerprint density at radius 3 is 2.85 bits per heavy atom. The highest BCUT2D eigenvalue weighted by molar-refractivity contribution is 4.96. The van der Waals surface area contributed by atoms with E-state index >= 15 is 0 Å². The summed E-state index contributed by atoms with van der Waals surface area (Å²) in [4.78, 5) is 25.3. The largest absolute Gasteiger partial charge is 0.394 e. The summed E-state index contributed by atoms with van der Waals surface area (Å²) in [5.74, 6) is 0. The van der Waals surface area contributed by atoms with Crippen LogP contribution < -0.4 is 17.0 Å². The molecule has 1 aliphatic rings. The van der Waals surface area contributed by atoms with Crippen LogP contribution in [-0.4, -0.2) is 45.1 Å². The molecule has 0 radical (unpaired) electrons. The van der Waals surface area contributed by atoms with Gasteiger partial charge in [-0.1, -0.05) is 0 Å². The van der Waals surface area contributed by atoms with E-state index in [4.69, 9.17) is 10.5 Å². The van der Waals surface area contributed by atoms with Gasteiger partial charge in [-0.25, -0.2) is 4.79 Å². The molecule has 0 saturated carbocycles. The van der Waals surface area contributed by atoms with Gasteiger partial charge in [-0.2, -0.15) is 0 Å². The van der Waals surface area contributed by atoms with Crippen molar-refractivity contribution < 1.29 is 14.9 Å². The van der Waals surface area contributed by atoms with Gasteiger partial charge in [0.2, 0.25) is 0 Å². The number of ether oxygens (including phenoxy) is 1. The van der Waals surface area contributed by atoms with Crippen molar-refractivity contribution in [3.8, 4) is 0 Å². The summed E-state index contributed by atoms with van der Waals surface area (Å²) in [7, 11) is 0. The highest BCUT2D eigenvalue weighted by Gasteiger charge is 2.47. The van der Waals surface area contributed by atoms with Crippen molar-refractivity contribution in [3.63, 3.8) is 0 Å². The number of aromatic nitrogens is 2. The summed E-state index contributed by atoms with van der Waals surface area (Å²) in [6.45, 7) is 0.0622. The van der Waals surface area contributed by atoms with E-state index in [2.05, 4.69) is 4.98 Å². The SMILES string of the molecule is NCCC[C@]1(n2ccc(=O)[nH]c2=O)C[C@H](O)[C@@H](CO)O1. The Kier molecular flexibility index (Phi) is 4.39. The van der Waals surface area contributed by atoms with Gasteiger partial charge in [-0.05, 0) is 19.4 Å². The fraction of sp³-hybridized carbons (Fsp3) is 0.667. The molecule has 0 aromatic carbocycles. The number of aromatic amines is 1. The number of hydrogen-bond acceptors (Lipinski definition) is 6. The molecule has 1 aromatic rings. The fourth-order valence-corrected chi connectivity index (χ4v) is 2.58. The van der Waals surface area contributed by atoms with Crippen molar-refractivity contribution in [2.75, 3.05) is 13.2 Å². The number of hydrogen-bond donors (Lipinski definition) is 4. The Morgan fingerprint density at radius 2 is 2.30 bits per heavy atom. The molecular formula is C12H19N3O5. The number of H-pyrrole nitrogens is 1. The van der Waals surface area contributed by atoms with Gasteiger partial charge in [-0.3, -0.25) is 14.3 Å². The molecule has 1 saturated heterocycles. The van der Waals surface area contributed by atoms with Gasteiger partial charge >= 0.3 is 5.69 Å². The first-order valence-corrected chi connectivity index (χ1v) is 6.52. The molecular weight excluding hydrogens is 266 g/mol. The highest BCUT2D eigenvalue weighted by Crippen LogP contribution is 2.37. The second-order valence-corrected chi connectivity index (χ2v) is 4.93. The van der Waals surface area contributed by atoms with Gasteiger partial charge in [-0.15, -0.1) is 0 Å². The van der Waals surface area contributed by atoms with Crippen LogP contribution in [0, 0.1) is 0 Å². The van der Waals surface area contributed by atoms with Crippen LogP contribution in [0.3, 0.4) is 0 Å². The summed E-state index contributed by atoms with van der Waals surface area (Å²) in [5, 5.41) is 19.1. The first-order valence-electron chi connectivity index (χ1n) is 6.52. The van der Waals surface area contributed by atoms with E-state index in [-0.39, 0.29) is 13.0 Å². The van der Waals surface area contributed by atoms with Crippen LogP contribution in [0.4, 0.5) is 0 Å². The average Bonchev–Trinajstić information content (AvgIpc) is 2.73. The Labute approximate surface area is 114 Å². The summed E-state index contributed by atoms with van der Waals surface area (Å²) in [6.07, 6.45) is 0.844. The van der Waals surface area contributed by atoms with Crippen LogP contribution in [0.25, 0.3) is 0 Å². The van der Waals surface area contributed by atoms with E-state index in [0.29, 0.717) is 19.4 Å². The van der Waals surface area contributed by atoms with Crippen LogP contribution in [-0.2, 0) is 10.5 Å². The number of nitrogens with zero attached hydrogens (tertiary/aromatic N) is 1. The quantitative estimate of drug-likeness (QED) is 0.498. The van der Waals surface area contributed by atoms with Crippen molar-refractivity contribution in [1.29, 1.82) is 0 Å². The molecule has 8 heteroatoms. The summed E-state index contributed by atoms with van der Waals surface area (Å²) >= 11 is 0. The first kappa shape index (κ1) is 14.9. The van der Waals surface area contributed by atoms with E-state index in [1.54, 1.807) is 0 Å². The molecule has 5 N–H and O–H groups in total. The molecule has 1 aliphatic heterocycles. The number of nitrogens with one attached hydrogen (secondary N) is 1. The maximum Gasteiger partial charge on any atom is 0.330 e. The zero-order valence-corrected chi connectivity index (χ0v) is 11.0. The fourth-order valence-electron chi connectivity index (χ4n) is 2.58. The van der Waals surface area contributed by atoms with E-state index < -0.39 is 29.2 Å². The Balaban J connectivity index is 2.42. The minimum Gasteiger partial charge on any atom is -0.394 e. The third kappa shape index (κ3) is 2.68. The third-order valence-corrected chi connectivity index (χ3v) is 3.54. The molecule has 1 aromatic heterocycles. The topological polar surface area (TPSA) is 131 Å². The molecule has 0 aliphatic carbocycles. The minimum absolute atomic E-state index is 0.157. The standard InChI is InChI=1S/C12H19N3O5/c13-4-1-3-12(6-8(17)9(7-16)20-12)15-5-2-10(18)14-11(15)19/h2,5,8-9,16-17H,1,3-4,6-7,13H2,(H,14,18,19)/t8-,9+,12+/m0/s1. The second kappa shape index (κ2) is 5.88. The highest BCUT2D eigenvalue weighted by atomic mass is 16.6. The number of rotatable bonds is 5. The van der Waals surface area contributed by atoms with Crippen molar-refractivity contribution in [1.82, 2.24) is 9.55 Å². The predicted molar refractivity (Wildman–Crippen MR) is 70.2 cm³/mol. The van der Waals surface area contributed by atoms with Crippen molar-refractivity contribution in [2.24, 2.45) is 5.73 Å². The van der Waals surface area contributed by atoms with Gasteiger partial charge in [0.25, 0.3) is 5.56 Å². The number of aliphatic hydroxyl groups excluding tert-OH is 2. The lowest BCUT2D eigenvalue weighted by molar-refractivity contribution is -0.124. The predicted octanol–water partition coefficient (Wildman–Crippen LogP) is -1.93. The Hall–Kier alpha value is -1.48. The van der Waals surface area contributed by atoms with Gasteiger partial charge in [0.15, 0.2) is 5.72 Å². The molecule has 2 rings (SSSR count). The lowest BCUT2D eigenvalue weighted by Crippen LogP contribution is -2.44. The normalized spacial score (nSPS) is 29.8. The maximum absolute atomic E-state index is 11.9. The number of aliphatic hydroxyl groups is 2.